The van der Waals surface area contributed by atoms with Crippen LogP contribution in [0.1, 0.15) is 5.76 Å². The highest BCUT2D eigenvalue weighted by atomic mass is 35.5. The van der Waals surface area contributed by atoms with Gasteiger partial charge in [0.05, 0.1) is 18.6 Å². The fourth-order valence-electron chi connectivity index (χ4n) is 2.77. The molecule has 0 fully saturated rings. The number of nitrogens with zero attached hydrogens (tertiary/aromatic N) is 3. The number of thioether (sulfide) groups is 1. The Bertz CT molecular complexity index is 1100. The molecule has 0 aliphatic rings. The van der Waals surface area contributed by atoms with Crippen LogP contribution in [0.2, 0.25) is 5.02 Å². The zero-order valence-electron chi connectivity index (χ0n) is 15.3. The summed E-state index contributed by atoms with van der Waals surface area (Å²) in [6.45, 7) is 0.353. The van der Waals surface area contributed by atoms with Gasteiger partial charge in [-0.3, -0.25) is 9.36 Å². The fourth-order valence-corrected chi connectivity index (χ4v) is 3.74. The Kier molecular flexibility index (Phi) is 5.97. The van der Waals surface area contributed by atoms with Gasteiger partial charge in [0.15, 0.2) is 11.0 Å². The molecule has 0 radical (unpaired) electrons. The van der Waals surface area contributed by atoms with Crippen LogP contribution < -0.4 is 5.32 Å². The number of amides is 1. The molecule has 0 saturated heterocycles. The maximum absolute atomic E-state index is 12.2. The van der Waals surface area contributed by atoms with Crippen molar-refractivity contribution in [1.29, 1.82) is 0 Å². The smallest absolute Gasteiger partial charge is 0.230 e. The van der Waals surface area contributed by atoms with E-state index in [2.05, 4.69) is 15.5 Å². The van der Waals surface area contributed by atoms with Gasteiger partial charge in [0.1, 0.15) is 5.76 Å². The molecule has 2 aromatic heterocycles. The lowest BCUT2D eigenvalue weighted by Crippen LogP contribution is -2.24. The molecule has 0 saturated carbocycles. The summed E-state index contributed by atoms with van der Waals surface area (Å²) >= 11 is 7.48. The molecule has 146 valence electrons. The van der Waals surface area contributed by atoms with Gasteiger partial charge in [-0.2, -0.15) is 0 Å². The van der Waals surface area contributed by atoms with Gasteiger partial charge in [-0.05, 0) is 36.4 Å². The summed E-state index contributed by atoms with van der Waals surface area (Å²) in [5.74, 6) is 1.47. The first-order valence-corrected chi connectivity index (χ1v) is 10.3. The predicted octanol–water partition coefficient (Wildman–Crippen LogP) is 4.59. The van der Waals surface area contributed by atoms with Crippen LogP contribution in [0.4, 0.5) is 0 Å². The van der Waals surface area contributed by atoms with E-state index in [-0.39, 0.29) is 11.7 Å². The molecule has 0 aliphatic carbocycles. The van der Waals surface area contributed by atoms with Crippen molar-refractivity contribution in [3.63, 3.8) is 0 Å². The van der Waals surface area contributed by atoms with Crippen LogP contribution in [0.25, 0.3) is 17.1 Å². The van der Waals surface area contributed by atoms with E-state index < -0.39 is 0 Å². The van der Waals surface area contributed by atoms with E-state index in [1.54, 1.807) is 12.3 Å². The van der Waals surface area contributed by atoms with Crippen LogP contribution in [0.5, 0.6) is 0 Å². The summed E-state index contributed by atoms with van der Waals surface area (Å²) in [5.41, 5.74) is 1.76. The summed E-state index contributed by atoms with van der Waals surface area (Å²) in [7, 11) is 0. The molecule has 29 heavy (non-hydrogen) atoms. The fraction of sp³-hybridized carbons (Fsp3) is 0.0952. The lowest BCUT2D eigenvalue weighted by Gasteiger charge is -2.10. The lowest BCUT2D eigenvalue weighted by atomic mass is 10.2. The van der Waals surface area contributed by atoms with E-state index in [1.807, 2.05) is 65.2 Å². The number of halogens is 1. The average molecular weight is 425 g/mol. The number of carbonyl (C=O) groups is 1. The predicted molar refractivity (Wildman–Crippen MR) is 113 cm³/mol. The Morgan fingerprint density at radius 3 is 2.69 bits per heavy atom. The molecule has 2 heterocycles. The first-order chi connectivity index (χ1) is 14.2. The Hall–Kier alpha value is -3.03. The third-order valence-corrected chi connectivity index (χ3v) is 5.27. The summed E-state index contributed by atoms with van der Waals surface area (Å²) in [4.78, 5) is 12.2. The van der Waals surface area contributed by atoms with Gasteiger partial charge in [-0.25, -0.2) is 0 Å². The SMILES string of the molecule is O=C(CSc1nnc(-c2cccc(Cl)c2)n1-c1ccccc1)NCc1ccco1. The number of furan rings is 1. The Morgan fingerprint density at radius 2 is 1.93 bits per heavy atom. The third-order valence-electron chi connectivity index (χ3n) is 4.10. The molecule has 6 nitrogen and oxygen atoms in total. The molecule has 8 heteroatoms. The van der Waals surface area contributed by atoms with Crippen molar-refractivity contribution in [3.8, 4) is 17.1 Å². The molecule has 0 atom stereocenters. The molecule has 1 amide bonds. The number of aromatic nitrogens is 3. The summed E-state index contributed by atoms with van der Waals surface area (Å²) in [6, 6.07) is 20.8. The molecule has 4 aromatic rings. The van der Waals surface area contributed by atoms with Crippen LogP contribution in [-0.4, -0.2) is 26.4 Å². The molecule has 0 aliphatic heterocycles. The number of hydrogen-bond donors (Lipinski definition) is 1. The number of benzene rings is 2. The number of rotatable bonds is 7. The Morgan fingerprint density at radius 1 is 1.07 bits per heavy atom. The maximum atomic E-state index is 12.2. The van der Waals surface area contributed by atoms with Crippen LogP contribution in [0.15, 0.2) is 82.6 Å². The van der Waals surface area contributed by atoms with E-state index in [0.717, 1.165) is 11.3 Å². The first kappa shape index (κ1) is 19.3. The van der Waals surface area contributed by atoms with E-state index >= 15 is 0 Å². The van der Waals surface area contributed by atoms with Gasteiger partial charge in [-0.15, -0.1) is 10.2 Å². The second kappa shape index (κ2) is 8.98. The average Bonchev–Trinajstić information content (AvgIpc) is 3.41. The van der Waals surface area contributed by atoms with Crippen molar-refractivity contribution in [1.82, 2.24) is 20.1 Å². The van der Waals surface area contributed by atoms with E-state index in [4.69, 9.17) is 16.0 Å². The molecule has 0 unspecified atom stereocenters. The largest absolute Gasteiger partial charge is 0.467 e. The highest BCUT2D eigenvalue weighted by Crippen LogP contribution is 2.29. The number of hydrogen-bond acceptors (Lipinski definition) is 5. The van der Waals surface area contributed by atoms with Crippen LogP contribution >= 0.6 is 23.4 Å². The minimum absolute atomic E-state index is 0.113. The highest BCUT2D eigenvalue weighted by molar-refractivity contribution is 7.99. The summed E-state index contributed by atoms with van der Waals surface area (Å²) < 4.78 is 7.15. The van der Waals surface area contributed by atoms with E-state index in [0.29, 0.717) is 28.3 Å². The second-order valence-electron chi connectivity index (χ2n) is 6.13. The standard InChI is InChI=1S/C21H17ClN4O2S/c22-16-7-4-6-15(12-16)20-24-25-21(26(20)17-8-2-1-3-9-17)29-14-19(27)23-13-18-10-5-11-28-18/h1-12H,13-14H2,(H,23,27). The van der Waals surface area contributed by atoms with Crippen molar-refractivity contribution >= 4 is 29.3 Å². The summed E-state index contributed by atoms with van der Waals surface area (Å²) in [5, 5.41) is 12.7. The Labute approximate surface area is 176 Å². The number of nitrogens with one attached hydrogen (secondary N) is 1. The molecule has 0 bridgehead atoms. The van der Waals surface area contributed by atoms with E-state index in [1.165, 1.54) is 11.8 Å². The summed E-state index contributed by atoms with van der Waals surface area (Å²) in [6.07, 6.45) is 1.58. The third kappa shape index (κ3) is 4.70. The second-order valence-corrected chi connectivity index (χ2v) is 7.51. The number of carbonyl (C=O) groups excluding carboxylic acids is 1. The molecule has 4 rings (SSSR count). The van der Waals surface area contributed by atoms with Crippen molar-refractivity contribution in [2.75, 3.05) is 5.75 Å². The normalized spacial score (nSPS) is 10.8. The zero-order chi connectivity index (χ0) is 20.1. The zero-order valence-corrected chi connectivity index (χ0v) is 16.9. The van der Waals surface area contributed by atoms with Gasteiger partial charge < -0.3 is 9.73 Å². The molecule has 1 N–H and O–H groups in total. The van der Waals surface area contributed by atoms with Gasteiger partial charge >= 0.3 is 0 Å². The monoisotopic (exact) mass is 424 g/mol. The van der Waals surface area contributed by atoms with Crippen molar-refractivity contribution < 1.29 is 9.21 Å². The quantitative estimate of drug-likeness (QED) is 0.439. The van der Waals surface area contributed by atoms with Gasteiger partial charge in [0.25, 0.3) is 0 Å². The van der Waals surface area contributed by atoms with Crippen LogP contribution in [-0.2, 0) is 11.3 Å². The maximum Gasteiger partial charge on any atom is 0.230 e. The number of para-hydroxylation sites is 1. The van der Waals surface area contributed by atoms with Gasteiger partial charge in [0, 0.05) is 16.3 Å². The highest BCUT2D eigenvalue weighted by Gasteiger charge is 2.17. The van der Waals surface area contributed by atoms with Crippen molar-refractivity contribution in [2.24, 2.45) is 0 Å². The molecular weight excluding hydrogens is 408 g/mol. The lowest BCUT2D eigenvalue weighted by molar-refractivity contribution is -0.118. The van der Waals surface area contributed by atoms with Crippen LogP contribution in [0.3, 0.4) is 0 Å². The molecule has 2 aromatic carbocycles. The molecule has 0 spiro atoms. The van der Waals surface area contributed by atoms with Crippen molar-refractivity contribution in [3.05, 3.63) is 83.8 Å². The topological polar surface area (TPSA) is 73.0 Å². The van der Waals surface area contributed by atoms with Crippen LogP contribution in [0, 0.1) is 0 Å². The molecular formula is C21H17ClN4O2S. The Balaban J connectivity index is 1.56. The minimum Gasteiger partial charge on any atom is -0.467 e. The van der Waals surface area contributed by atoms with Gasteiger partial charge in [-0.1, -0.05) is 53.7 Å². The minimum atomic E-state index is -0.113. The van der Waals surface area contributed by atoms with E-state index in [9.17, 15) is 4.79 Å². The first-order valence-electron chi connectivity index (χ1n) is 8.89. The van der Waals surface area contributed by atoms with Crippen molar-refractivity contribution in [2.45, 2.75) is 11.7 Å². The van der Waals surface area contributed by atoms with Gasteiger partial charge in [0.2, 0.25) is 5.91 Å².